The van der Waals surface area contributed by atoms with Crippen LogP contribution in [0.1, 0.15) is 11.4 Å². The second-order valence-electron chi connectivity index (χ2n) is 4.70. The number of benzene rings is 2. The Morgan fingerprint density at radius 2 is 1.86 bits per heavy atom. The molecule has 0 radical (unpaired) electrons. The molecule has 1 heterocycles. The summed E-state index contributed by atoms with van der Waals surface area (Å²) < 4.78 is 13.9. The van der Waals surface area contributed by atoms with Gasteiger partial charge in [-0.25, -0.2) is 0 Å². The van der Waals surface area contributed by atoms with Crippen LogP contribution in [-0.4, -0.2) is 24.4 Å². The van der Waals surface area contributed by atoms with Crippen LogP contribution in [0.5, 0.6) is 0 Å². The summed E-state index contributed by atoms with van der Waals surface area (Å²) in [6.45, 7) is 0. The van der Waals surface area contributed by atoms with Crippen molar-refractivity contribution in [2.24, 2.45) is 0 Å². The third kappa shape index (κ3) is 3.58. The molecule has 3 aromatic rings. The molecule has 7 heteroatoms. The Morgan fingerprint density at radius 3 is 2.64 bits per heavy atom. The fraction of sp³-hybridized carbons (Fsp3) is 0.133. The first-order valence-electron chi connectivity index (χ1n) is 6.64. The molecule has 0 bridgehead atoms. The molecule has 0 aliphatic carbocycles. The molecule has 0 amide bonds. The maximum absolute atomic E-state index is 12.3. The van der Waals surface area contributed by atoms with Gasteiger partial charge in [-0.3, -0.25) is 4.21 Å². The van der Waals surface area contributed by atoms with Gasteiger partial charge in [0.05, 0.1) is 11.4 Å². The molecule has 5 nitrogen and oxygen atoms in total. The predicted octanol–water partition coefficient (Wildman–Crippen LogP) is 2.76. The van der Waals surface area contributed by atoms with Crippen molar-refractivity contribution in [3.05, 3.63) is 71.0 Å². The second-order valence-corrected chi connectivity index (χ2v) is 6.59. The van der Waals surface area contributed by atoms with E-state index in [1.165, 1.54) is 0 Å². The summed E-state index contributed by atoms with van der Waals surface area (Å²) in [6, 6.07) is 16.9. The number of halogens is 1. The standard InChI is InChI=1S/C15H13ClN4OS/c16-13-6-4-5-12(9-13)10-22(21)11-15-17-18-19-20(15)14-7-2-1-3-8-14/h1-9H,10-11H2. The van der Waals surface area contributed by atoms with E-state index in [4.69, 9.17) is 11.6 Å². The van der Waals surface area contributed by atoms with Crippen molar-refractivity contribution >= 4 is 22.4 Å². The fourth-order valence-electron chi connectivity index (χ4n) is 2.07. The average molecular weight is 333 g/mol. The van der Waals surface area contributed by atoms with Gasteiger partial charge in [0.1, 0.15) is 0 Å². The lowest BCUT2D eigenvalue weighted by molar-refractivity contribution is 0.679. The summed E-state index contributed by atoms with van der Waals surface area (Å²) in [5.41, 5.74) is 1.78. The predicted molar refractivity (Wildman–Crippen MR) is 86.2 cm³/mol. The lowest BCUT2D eigenvalue weighted by Crippen LogP contribution is -2.07. The van der Waals surface area contributed by atoms with Crippen LogP contribution in [0, 0.1) is 0 Å². The molecule has 0 fully saturated rings. The Morgan fingerprint density at radius 1 is 1.05 bits per heavy atom. The van der Waals surface area contributed by atoms with Crippen molar-refractivity contribution in [1.29, 1.82) is 0 Å². The van der Waals surface area contributed by atoms with E-state index in [0.29, 0.717) is 16.6 Å². The highest BCUT2D eigenvalue weighted by Gasteiger charge is 2.12. The van der Waals surface area contributed by atoms with Gasteiger partial charge < -0.3 is 0 Å². The molecule has 0 aliphatic heterocycles. The molecule has 1 atom stereocenters. The van der Waals surface area contributed by atoms with Gasteiger partial charge in [0.15, 0.2) is 5.82 Å². The molecular weight excluding hydrogens is 320 g/mol. The third-order valence-corrected chi connectivity index (χ3v) is 4.51. The minimum Gasteiger partial charge on any atom is -0.259 e. The molecule has 0 N–H and O–H groups in total. The van der Waals surface area contributed by atoms with E-state index in [1.54, 1.807) is 10.7 Å². The van der Waals surface area contributed by atoms with Gasteiger partial charge in [-0.2, -0.15) is 4.68 Å². The van der Waals surface area contributed by atoms with Crippen molar-refractivity contribution in [2.45, 2.75) is 11.5 Å². The first-order chi connectivity index (χ1) is 10.7. The lowest BCUT2D eigenvalue weighted by Gasteiger charge is -2.05. The van der Waals surface area contributed by atoms with E-state index in [-0.39, 0.29) is 5.75 Å². The summed E-state index contributed by atoms with van der Waals surface area (Å²) in [5, 5.41) is 12.3. The Bertz CT molecular complexity index is 791. The number of aromatic nitrogens is 4. The van der Waals surface area contributed by atoms with Crippen molar-refractivity contribution in [1.82, 2.24) is 20.2 Å². The minimum absolute atomic E-state index is 0.286. The molecule has 0 aliphatic rings. The molecule has 0 saturated heterocycles. The smallest absolute Gasteiger partial charge is 0.169 e. The Hall–Kier alpha value is -2.05. The Kier molecular flexibility index (Phi) is 4.60. The summed E-state index contributed by atoms with van der Waals surface area (Å²) >= 11 is 5.94. The summed E-state index contributed by atoms with van der Waals surface area (Å²) in [7, 11) is -1.11. The molecule has 22 heavy (non-hydrogen) atoms. The number of hydrogen-bond acceptors (Lipinski definition) is 4. The summed E-state index contributed by atoms with van der Waals surface area (Å²) in [6.07, 6.45) is 0. The topological polar surface area (TPSA) is 60.7 Å². The van der Waals surface area contributed by atoms with Crippen LogP contribution >= 0.6 is 11.6 Å². The molecule has 2 aromatic carbocycles. The first-order valence-corrected chi connectivity index (χ1v) is 8.51. The van der Waals surface area contributed by atoms with Crippen LogP contribution in [0.15, 0.2) is 54.6 Å². The zero-order chi connectivity index (χ0) is 15.4. The highest BCUT2D eigenvalue weighted by atomic mass is 35.5. The van der Waals surface area contributed by atoms with Crippen molar-refractivity contribution in [3.63, 3.8) is 0 Å². The molecule has 3 rings (SSSR count). The van der Waals surface area contributed by atoms with Gasteiger partial charge in [-0.1, -0.05) is 41.9 Å². The lowest BCUT2D eigenvalue weighted by atomic mass is 10.2. The molecule has 0 spiro atoms. The number of tetrazole rings is 1. The van der Waals surface area contributed by atoms with Crippen LogP contribution in [-0.2, 0) is 22.3 Å². The summed E-state index contributed by atoms with van der Waals surface area (Å²) in [4.78, 5) is 0. The zero-order valence-electron chi connectivity index (χ0n) is 11.6. The number of para-hydroxylation sites is 1. The second kappa shape index (κ2) is 6.81. The molecule has 1 unspecified atom stereocenters. The molecule has 1 aromatic heterocycles. The average Bonchev–Trinajstić information content (AvgIpc) is 2.96. The largest absolute Gasteiger partial charge is 0.259 e. The number of rotatable bonds is 5. The monoisotopic (exact) mass is 332 g/mol. The van der Waals surface area contributed by atoms with E-state index in [2.05, 4.69) is 15.5 Å². The highest BCUT2D eigenvalue weighted by molar-refractivity contribution is 7.83. The van der Waals surface area contributed by atoms with E-state index in [1.807, 2.05) is 48.5 Å². The van der Waals surface area contributed by atoms with Gasteiger partial charge in [0.25, 0.3) is 0 Å². The highest BCUT2D eigenvalue weighted by Crippen LogP contribution is 2.14. The summed E-state index contributed by atoms with van der Waals surface area (Å²) in [5.74, 6) is 1.28. The zero-order valence-corrected chi connectivity index (χ0v) is 13.2. The van der Waals surface area contributed by atoms with E-state index in [9.17, 15) is 4.21 Å². The van der Waals surface area contributed by atoms with E-state index in [0.717, 1.165) is 11.3 Å². The van der Waals surface area contributed by atoms with E-state index < -0.39 is 10.8 Å². The number of hydrogen-bond donors (Lipinski definition) is 0. The van der Waals surface area contributed by atoms with Gasteiger partial charge in [-0.05, 0) is 40.3 Å². The third-order valence-electron chi connectivity index (χ3n) is 3.04. The van der Waals surface area contributed by atoms with Crippen LogP contribution in [0.4, 0.5) is 0 Å². The van der Waals surface area contributed by atoms with Crippen LogP contribution in [0.2, 0.25) is 5.02 Å². The van der Waals surface area contributed by atoms with E-state index >= 15 is 0 Å². The van der Waals surface area contributed by atoms with Crippen molar-refractivity contribution in [3.8, 4) is 5.69 Å². The van der Waals surface area contributed by atoms with Gasteiger partial charge >= 0.3 is 0 Å². The molecular formula is C15H13ClN4OS. The van der Waals surface area contributed by atoms with Crippen LogP contribution in [0.25, 0.3) is 5.69 Å². The molecule has 112 valence electrons. The fourth-order valence-corrected chi connectivity index (χ4v) is 3.41. The minimum atomic E-state index is -1.11. The SMILES string of the molecule is O=S(Cc1cccc(Cl)c1)Cc1nnnn1-c1ccccc1. The Balaban J connectivity index is 1.74. The Labute approximate surface area is 135 Å². The number of nitrogens with zero attached hydrogens (tertiary/aromatic N) is 4. The maximum Gasteiger partial charge on any atom is 0.169 e. The first kappa shape index (κ1) is 14.9. The maximum atomic E-state index is 12.3. The normalized spacial score (nSPS) is 12.2. The molecule has 0 saturated carbocycles. The van der Waals surface area contributed by atoms with Crippen molar-refractivity contribution < 1.29 is 4.21 Å². The van der Waals surface area contributed by atoms with Gasteiger partial charge in [0.2, 0.25) is 0 Å². The quantitative estimate of drug-likeness (QED) is 0.720. The van der Waals surface area contributed by atoms with Crippen LogP contribution < -0.4 is 0 Å². The van der Waals surface area contributed by atoms with Crippen molar-refractivity contribution in [2.75, 3.05) is 0 Å². The van der Waals surface area contributed by atoms with Crippen LogP contribution in [0.3, 0.4) is 0 Å². The van der Waals surface area contributed by atoms with Gasteiger partial charge in [-0.15, -0.1) is 5.10 Å². The van der Waals surface area contributed by atoms with Gasteiger partial charge in [0, 0.05) is 21.6 Å².